The number of amides is 1. The molecule has 94 valence electrons. The molecule has 0 aliphatic heterocycles. The zero-order chi connectivity index (χ0) is 12.9. The van der Waals surface area contributed by atoms with Crippen molar-refractivity contribution in [3.8, 4) is 0 Å². The van der Waals surface area contributed by atoms with Crippen molar-refractivity contribution >= 4 is 5.91 Å². The van der Waals surface area contributed by atoms with Gasteiger partial charge in [-0.1, -0.05) is 37.3 Å². The normalized spacial score (nSPS) is 16.0. The molecule has 2 atom stereocenters. The average molecular weight is 236 g/mol. The van der Waals surface area contributed by atoms with E-state index in [1.54, 1.807) is 13.8 Å². The Balaban J connectivity index is 2.87. The van der Waals surface area contributed by atoms with Gasteiger partial charge in [-0.05, 0) is 12.5 Å². The van der Waals surface area contributed by atoms with E-state index in [0.717, 1.165) is 5.56 Å². The van der Waals surface area contributed by atoms with Crippen LogP contribution in [0.15, 0.2) is 30.3 Å². The summed E-state index contributed by atoms with van der Waals surface area (Å²) in [4.78, 5) is 11.8. The number of hydrogen-bond donors (Lipinski definition) is 3. The number of rotatable bonds is 5. The van der Waals surface area contributed by atoms with Gasteiger partial charge in [0, 0.05) is 12.5 Å². The molecule has 0 fully saturated rings. The van der Waals surface area contributed by atoms with E-state index in [1.807, 2.05) is 30.3 Å². The first-order chi connectivity index (χ1) is 8.03. The standard InChI is InChI=1S/C13H20N2O2/c1-10(8-14)12(17)15-13(2,9-16)11-6-4-3-5-7-11/h3-7,10,16H,8-9,14H2,1-2H3,(H,15,17). The summed E-state index contributed by atoms with van der Waals surface area (Å²) < 4.78 is 0. The van der Waals surface area contributed by atoms with Gasteiger partial charge in [-0.3, -0.25) is 4.79 Å². The lowest BCUT2D eigenvalue weighted by Crippen LogP contribution is -2.49. The van der Waals surface area contributed by atoms with Crippen LogP contribution in [-0.2, 0) is 10.3 Å². The number of nitrogens with one attached hydrogen (secondary N) is 1. The van der Waals surface area contributed by atoms with Crippen molar-refractivity contribution in [2.24, 2.45) is 11.7 Å². The molecular weight excluding hydrogens is 216 g/mol. The fourth-order valence-corrected chi connectivity index (χ4v) is 1.51. The van der Waals surface area contributed by atoms with Gasteiger partial charge < -0.3 is 16.2 Å². The van der Waals surface area contributed by atoms with Crippen LogP contribution in [0.5, 0.6) is 0 Å². The van der Waals surface area contributed by atoms with Crippen LogP contribution in [0.3, 0.4) is 0 Å². The Bertz CT molecular complexity index is 367. The topological polar surface area (TPSA) is 75.4 Å². The Morgan fingerprint density at radius 1 is 1.47 bits per heavy atom. The summed E-state index contributed by atoms with van der Waals surface area (Å²) in [5.41, 5.74) is 5.56. The molecule has 0 aromatic heterocycles. The third-order valence-corrected chi connectivity index (χ3v) is 2.93. The Labute approximate surface area is 102 Å². The van der Waals surface area contributed by atoms with Crippen molar-refractivity contribution in [2.45, 2.75) is 19.4 Å². The summed E-state index contributed by atoms with van der Waals surface area (Å²) in [6, 6.07) is 9.41. The highest BCUT2D eigenvalue weighted by Crippen LogP contribution is 2.20. The van der Waals surface area contributed by atoms with Gasteiger partial charge in [-0.15, -0.1) is 0 Å². The predicted octanol–water partition coefficient (Wildman–Crippen LogP) is 0.605. The molecule has 17 heavy (non-hydrogen) atoms. The monoisotopic (exact) mass is 236 g/mol. The molecule has 2 unspecified atom stereocenters. The van der Waals surface area contributed by atoms with E-state index < -0.39 is 5.54 Å². The SMILES string of the molecule is CC(CN)C(=O)NC(C)(CO)c1ccccc1. The largest absolute Gasteiger partial charge is 0.394 e. The highest BCUT2D eigenvalue weighted by Gasteiger charge is 2.28. The second-order valence-electron chi connectivity index (χ2n) is 4.48. The lowest BCUT2D eigenvalue weighted by molar-refractivity contribution is -0.126. The van der Waals surface area contributed by atoms with E-state index in [-0.39, 0.29) is 18.4 Å². The van der Waals surface area contributed by atoms with Crippen LogP contribution in [-0.4, -0.2) is 24.2 Å². The number of aliphatic hydroxyl groups is 1. The molecule has 0 radical (unpaired) electrons. The molecule has 0 spiro atoms. The van der Waals surface area contributed by atoms with Gasteiger partial charge in [-0.2, -0.15) is 0 Å². The summed E-state index contributed by atoms with van der Waals surface area (Å²) in [5, 5.41) is 12.3. The minimum Gasteiger partial charge on any atom is -0.394 e. The van der Waals surface area contributed by atoms with Crippen molar-refractivity contribution in [3.63, 3.8) is 0 Å². The highest BCUT2D eigenvalue weighted by molar-refractivity contribution is 5.79. The zero-order valence-electron chi connectivity index (χ0n) is 10.3. The molecule has 0 aliphatic rings. The first-order valence-corrected chi connectivity index (χ1v) is 5.72. The van der Waals surface area contributed by atoms with E-state index in [0.29, 0.717) is 6.54 Å². The van der Waals surface area contributed by atoms with Crippen molar-refractivity contribution in [1.29, 1.82) is 0 Å². The van der Waals surface area contributed by atoms with Crippen LogP contribution < -0.4 is 11.1 Å². The van der Waals surface area contributed by atoms with E-state index >= 15 is 0 Å². The first kappa shape index (κ1) is 13.7. The molecule has 4 N–H and O–H groups in total. The van der Waals surface area contributed by atoms with Crippen molar-refractivity contribution in [3.05, 3.63) is 35.9 Å². The molecule has 0 saturated carbocycles. The number of carbonyl (C=O) groups is 1. The van der Waals surface area contributed by atoms with Gasteiger partial charge in [0.25, 0.3) is 0 Å². The third kappa shape index (κ3) is 3.28. The van der Waals surface area contributed by atoms with Gasteiger partial charge in [0.05, 0.1) is 12.1 Å². The van der Waals surface area contributed by atoms with Crippen LogP contribution in [0.2, 0.25) is 0 Å². The summed E-state index contributed by atoms with van der Waals surface area (Å²) >= 11 is 0. The first-order valence-electron chi connectivity index (χ1n) is 5.72. The lowest BCUT2D eigenvalue weighted by Gasteiger charge is -2.30. The lowest BCUT2D eigenvalue weighted by atomic mass is 9.92. The summed E-state index contributed by atoms with van der Waals surface area (Å²) in [6.45, 7) is 3.70. The molecule has 0 heterocycles. The number of carbonyl (C=O) groups excluding carboxylic acids is 1. The minimum absolute atomic E-state index is 0.145. The van der Waals surface area contributed by atoms with Crippen molar-refractivity contribution < 1.29 is 9.90 Å². The molecule has 0 aliphatic carbocycles. The average Bonchev–Trinajstić information content (AvgIpc) is 2.38. The molecule has 0 bridgehead atoms. The fraction of sp³-hybridized carbons (Fsp3) is 0.462. The highest BCUT2D eigenvalue weighted by atomic mass is 16.3. The van der Waals surface area contributed by atoms with Crippen LogP contribution in [0, 0.1) is 5.92 Å². The molecule has 4 nitrogen and oxygen atoms in total. The van der Waals surface area contributed by atoms with E-state index in [1.165, 1.54) is 0 Å². The molecule has 1 aromatic carbocycles. The smallest absolute Gasteiger partial charge is 0.224 e. The molecule has 1 amide bonds. The second-order valence-corrected chi connectivity index (χ2v) is 4.48. The van der Waals surface area contributed by atoms with E-state index in [4.69, 9.17) is 5.73 Å². The number of aliphatic hydroxyl groups excluding tert-OH is 1. The van der Waals surface area contributed by atoms with Gasteiger partial charge in [0.1, 0.15) is 0 Å². The van der Waals surface area contributed by atoms with E-state index in [2.05, 4.69) is 5.32 Å². The zero-order valence-corrected chi connectivity index (χ0v) is 10.3. The Morgan fingerprint density at radius 2 is 2.06 bits per heavy atom. The van der Waals surface area contributed by atoms with Crippen molar-refractivity contribution in [1.82, 2.24) is 5.32 Å². The third-order valence-electron chi connectivity index (χ3n) is 2.93. The minimum atomic E-state index is -0.762. The number of nitrogens with two attached hydrogens (primary N) is 1. The predicted molar refractivity (Wildman–Crippen MR) is 67.2 cm³/mol. The molecular formula is C13H20N2O2. The molecule has 0 saturated heterocycles. The number of benzene rings is 1. The second kappa shape index (κ2) is 5.80. The maximum Gasteiger partial charge on any atom is 0.224 e. The van der Waals surface area contributed by atoms with Crippen LogP contribution in [0.1, 0.15) is 19.4 Å². The maximum atomic E-state index is 11.8. The van der Waals surface area contributed by atoms with Crippen LogP contribution in [0.4, 0.5) is 0 Å². The molecule has 1 aromatic rings. The van der Waals surface area contributed by atoms with Gasteiger partial charge in [0.15, 0.2) is 0 Å². The summed E-state index contributed by atoms with van der Waals surface area (Å²) in [5.74, 6) is -0.405. The Kier molecular flexibility index (Phi) is 4.66. The Morgan fingerprint density at radius 3 is 2.53 bits per heavy atom. The van der Waals surface area contributed by atoms with Crippen molar-refractivity contribution in [2.75, 3.05) is 13.2 Å². The van der Waals surface area contributed by atoms with Crippen LogP contribution >= 0.6 is 0 Å². The number of hydrogen-bond acceptors (Lipinski definition) is 3. The Hall–Kier alpha value is -1.39. The molecule has 1 rings (SSSR count). The summed E-state index contributed by atoms with van der Waals surface area (Å²) in [7, 11) is 0. The van der Waals surface area contributed by atoms with Gasteiger partial charge in [0.2, 0.25) is 5.91 Å². The summed E-state index contributed by atoms with van der Waals surface area (Å²) in [6.07, 6.45) is 0. The van der Waals surface area contributed by atoms with Gasteiger partial charge in [-0.25, -0.2) is 0 Å². The van der Waals surface area contributed by atoms with E-state index in [9.17, 15) is 9.90 Å². The maximum absolute atomic E-state index is 11.8. The fourth-order valence-electron chi connectivity index (χ4n) is 1.51. The molecule has 4 heteroatoms. The quantitative estimate of drug-likeness (QED) is 0.701. The van der Waals surface area contributed by atoms with Gasteiger partial charge >= 0.3 is 0 Å². The van der Waals surface area contributed by atoms with Crippen LogP contribution in [0.25, 0.3) is 0 Å².